The second-order valence-corrected chi connectivity index (χ2v) is 5.42. The van der Waals surface area contributed by atoms with Crippen molar-refractivity contribution in [1.82, 2.24) is 0 Å². The van der Waals surface area contributed by atoms with E-state index in [1.54, 1.807) is 0 Å². The highest BCUT2D eigenvalue weighted by atomic mass is 16.5. The third-order valence-electron chi connectivity index (χ3n) is 3.46. The number of phenolic OH excluding ortho intramolecular Hbond substituents is 1. The van der Waals surface area contributed by atoms with Crippen LogP contribution in [0.1, 0.15) is 43.7 Å². The van der Waals surface area contributed by atoms with Gasteiger partial charge in [-0.15, -0.1) is 6.58 Å². The van der Waals surface area contributed by atoms with Gasteiger partial charge in [-0.05, 0) is 51.3 Å². The standard InChI is InChI=1S/C15H20O2/c1-5-11-6-7-15(3,4)17-14-8-10(2)13(16)9-12(11)14/h5,8-9,11,16H,1,6-7H2,2-4H3/t11-/m0/s1. The van der Waals surface area contributed by atoms with Crippen LogP contribution in [0.5, 0.6) is 11.5 Å². The smallest absolute Gasteiger partial charge is 0.124 e. The molecule has 1 atom stereocenters. The molecule has 1 aliphatic heterocycles. The summed E-state index contributed by atoms with van der Waals surface area (Å²) in [6, 6.07) is 3.74. The molecule has 0 aromatic heterocycles. The summed E-state index contributed by atoms with van der Waals surface area (Å²) in [5, 5.41) is 9.82. The Hall–Kier alpha value is -1.44. The van der Waals surface area contributed by atoms with Gasteiger partial charge < -0.3 is 9.84 Å². The molecular weight excluding hydrogens is 212 g/mol. The van der Waals surface area contributed by atoms with Crippen molar-refractivity contribution in [1.29, 1.82) is 0 Å². The van der Waals surface area contributed by atoms with E-state index in [2.05, 4.69) is 20.4 Å². The maximum absolute atomic E-state index is 9.82. The van der Waals surface area contributed by atoms with Crippen molar-refractivity contribution < 1.29 is 9.84 Å². The van der Waals surface area contributed by atoms with Crippen molar-refractivity contribution in [3.05, 3.63) is 35.9 Å². The van der Waals surface area contributed by atoms with Gasteiger partial charge in [0.2, 0.25) is 0 Å². The normalized spacial score (nSPS) is 22.2. The second kappa shape index (κ2) is 4.10. The number of hydrogen-bond acceptors (Lipinski definition) is 2. The molecule has 0 fully saturated rings. The van der Waals surface area contributed by atoms with Crippen molar-refractivity contribution in [2.75, 3.05) is 0 Å². The Bertz CT molecular complexity index is 446. The zero-order chi connectivity index (χ0) is 12.6. The Balaban J connectivity index is 2.54. The van der Waals surface area contributed by atoms with Crippen molar-refractivity contribution >= 4 is 0 Å². The lowest BCUT2D eigenvalue weighted by molar-refractivity contribution is 0.103. The quantitative estimate of drug-likeness (QED) is 0.744. The van der Waals surface area contributed by atoms with E-state index >= 15 is 0 Å². The summed E-state index contributed by atoms with van der Waals surface area (Å²) in [5.41, 5.74) is 1.74. The molecule has 0 amide bonds. The van der Waals surface area contributed by atoms with Gasteiger partial charge >= 0.3 is 0 Å². The topological polar surface area (TPSA) is 29.5 Å². The molecule has 1 aromatic carbocycles. The highest BCUT2D eigenvalue weighted by Gasteiger charge is 2.29. The predicted molar refractivity (Wildman–Crippen MR) is 69.7 cm³/mol. The molecule has 0 bridgehead atoms. The first-order valence-corrected chi connectivity index (χ1v) is 6.08. The zero-order valence-electron chi connectivity index (χ0n) is 10.8. The third-order valence-corrected chi connectivity index (χ3v) is 3.46. The molecule has 2 heteroatoms. The fourth-order valence-corrected chi connectivity index (χ4v) is 2.32. The zero-order valence-corrected chi connectivity index (χ0v) is 10.8. The maximum Gasteiger partial charge on any atom is 0.124 e. The van der Waals surface area contributed by atoms with Crippen molar-refractivity contribution in [2.45, 2.75) is 45.1 Å². The molecule has 0 spiro atoms. The summed E-state index contributed by atoms with van der Waals surface area (Å²) in [5.74, 6) is 1.48. The average molecular weight is 232 g/mol. The third kappa shape index (κ3) is 2.31. The van der Waals surface area contributed by atoms with Gasteiger partial charge in [0.25, 0.3) is 0 Å². The molecule has 1 aromatic rings. The van der Waals surface area contributed by atoms with Crippen LogP contribution in [0.2, 0.25) is 0 Å². The first-order chi connectivity index (χ1) is 7.93. The van der Waals surface area contributed by atoms with Gasteiger partial charge in [0.05, 0.1) is 0 Å². The number of phenols is 1. The lowest BCUT2D eigenvalue weighted by atomic mass is 9.91. The van der Waals surface area contributed by atoms with Gasteiger partial charge in [-0.1, -0.05) is 6.08 Å². The lowest BCUT2D eigenvalue weighted by Gasteiger charge is -2.24. The van der Waals surface area contributed by atoms with Crippen LogP contribution in [0.4, 0.5) is 0 Å². The summed E-state index contributed by atoms with van der Waals surface area (Å²) >= 11 is 0. The Labute approximate surface area is 103 Å². The summed E-state index contributed by atoms with van der Waals surface area (Å²) < 4.78 is 6.05. The Morgan fingerprint density at radius 1 is 1.47 bits per heavy atom. The minimum Gasteiger partial charge on any atom is -0.508 e. The first kappa shape index (κ1) is 12.0. The Kier molecular flexibility index (Phi) is 2.90. The molecule has 17 heavy (non-hydrogen) atoms. The van der Waals surface area contributed by atoms with Gasteiger partial charge in [0, 0.05) is 11.5 Å². The summed E-state index contributed by atoms with van der Waals surface area (Å²) in [4.78, 5) is 0. The van der Waals surface area contributed by atoms with Crippen molar-refractivity contribution in [2.24, 2.45) is 0 Å². The molecule has 1 heterocycles. The van der Waals surface area contributed by atoms with Gasteiger partial charge in [0.15, 0.2) is 0 Å². The molecule has 0 saturated heterocycles. The van der Waals surface area contributed by atoms with Crippen LogP contribution in [-0.4, -0.2) is 10.7 Å². The monoisotopic (exact) mass is 232 g/mol. The number of ether oxygens (including phenoxy) is 1. The highest BCUT2D eigenvalue weighted by Crippen LogP contribution is 2.41. The fraction of sp³-hybridized carbons (Fsp3) is 0.467. The van der Waals surface area contributed by atoms with E-state index < -0.39 is 0 Å². The van der Waals surface area contributed by atoms with Gasteiger partial charge in [-0.2, -0.15) is 0 Å². The minimum absolute atomic E-state index is 0.157. The first-order valence-electron chi connectivity index (χ1n) is 6.08. The van der Waals surface area contributed by atoms with Crippen LogP contribution >= 0.6 is 0 Å². The van der Waals surface area contributed by atoms with E-state index in [4.69, 9.17) is 4.74 Å². The Morgan fingerprint density at radius 2 is 2.18 bits per heavy atom. The lowest BCUT2D eigenvalue weighted by Crippen LogP contribution is -2.27. The molecule has 2 nitrogen and oxygen atoms in total. The number of fused-ring (bicyclic) bond motifs is 1. The molecule has 92 valence electrons. The van der Waals surface area contributed by atoms with Crippen LogP contribution in [0.25, 0.3) is 0 Å². The summed E-state index contributed by atoms with van der Waals surface area (Å²) in [6.07, 6.45) is 3.93. The molecule has 0 saturated carbocycles. The average Bonchev–Trinajstić information content (AvgIpc) is 2.35. The Morgan fingerprint density at radius 3 is 2.82 bits per heavy atom. The molecule has 0 unspecified atom stereocenters. The van der Waals surface area contributed by atoms with Crippen LogP contribution in [0, 0.1) is 6.92 Å². The van der Waals surface area contributed by atoms with Crippen LogP contribution in [0.15, 0.2) is 24.8 Å². The molecular formula is C15H20O2. The molecule has 0 aliphatic carbocycles. The SMILES string of the molecule is C=C[C@H]1CCC(C)(C)Oc2cc(C)c(O)cc21. The predicted octanol–water partition coefficient (Wildman–Crippen LogP) is 3.92. The number of benzene rings is 1. The summed E-state index contributed by atoms with van der Waals surface area (Å²) in [7, 11) is 0. The van der Waals surface area contributed by atoms with E-state index in [0.29, 0.717) is 5.75 Å². The summed E-state index contributed by atoms with van der Waals surface area (Å²) in [6.45, 7) is 9.98. The van der Waals surface area contributed by atoms with Crippen LogP contribution in [-0.2, 0) is 0 Å². The number of hydrogen-bond donors (Lipinski definition) is 1. The number of allylic oxidation sites excluding steroid dienone is 1. The van der Waals surface area contributed by atoms with Crippen molar-refractivity contribution in [3.63, 3.8) is 0 Å². The molecule has 1 N–H and O–H groups in total. The van der Waals surface area contributed by atoms with Crippen LogP contribution < -0.4 is 4.74 Å². The number of rotatable bonds is 1. The van der Waals surface area contributed by atoms with Crippen molar-refractivity contribution in [3.8, 4) is 11.5 Å². The highest BCUT2D eigenvalue weighted by molar-refractivity contribution is 5.48. The number of aromatic hydroxyl groups is 1. The molecule has 2 rings (SSSR count). The van der Waals surface area contributed by atoms with Gasteiger partial charge in [-0.3, -0.25) is 0 Å². The van der Waals surface area contributed by atoms with E-state index in [0.717, 1.165) is 29.7 Å². The maximum atomic E-state index is 9.82. The van der Waals surface area contributed by atoms with Gasteiger partial charge in [0.1, 0.15) is 17.1 Å². The van der Waals surface area contributed by atoms with Crippen LogP contribution in [0.3, 0.4) is 0 Å². The number of aryl methyl sites for hydroxylation is 1. The molecule has 1 aliphatic rings. The van der Waals surface area contributed by atoms with Gasteiger partial charge in [-0.25, -0.2) is 0 Å². The van der Waals surface area contributed by atoms with E-state index in [1.807, 2.05) is 25.1 Å². The second-order valence-electron chi connectivity index (χ2n) is 5.42. The molecule has 0 radical (unpaired) electrons. The minimum atomic E-state index is -0.157. The fourth-order valence-electron chi connectivity index (χ4n) is 2.32. The van der Waals surface area contributed by atoms with E-state index in [9.17, 15) is 5.11 Å². The van der Waals surface area contributed by atoms with E-state index in [1.165, 1.54) is 0 Å². The largest absolute Gasteiger partial charge is 0.508 e. The van der Waals surface area contributed by atoms with E-state index in [-0.39, 0.29) is 11.5 Å².